The second kappa shape index (κ2) is 3.52. The Bertz CT molecular complexity index is 183. The van der Waals surface area contributed by atoms with E-state index in [2.05, 4.69) is 5.32 Å². The number of nitrogens with zero attached hydrogens (tertiary/aromatic N) is 1. The van der Waals surface area contributed by atoms with E-state index in [-0.39, 0.29) is 0 Å². The van der Waals surface area contributed by atoms with Crippen molar-refractivity contribution in [3.05, 3.63) is 0 Å². The first-order chi connectivity index (χ1) is 5.20. The van der Waals surface area contributed by atoms with Crippen LogP contribution in [0.25, 0.3) is 0 Å². The van der Waals surface area contributed by atoms with Gasteiger partial charge in [-0.1, -0.05) is 12.2 Å². The molecule has 1 fully saturated rings. The number of rotatable bonds is 0. The lowest BCUT2D eigenvalue weighted by Gasteiger charge is -2.13. The second-order valence-corrected chi connectivity index (χ2v) is 2.86. The molecule has 5 heteroatoms. The summed E-state index contributed by atoms with van der Waals surface area (Å²) in [6.45, 7) is 1.67. The van der Waals surface area contributed by atoms with Crippen LogP contribution in [0.1, 0.15) is 6.42 Å². The third-order valence-electron chi connectivity index (χ3n) is 1.58. The van der Waals surface area contributed by atoms with Gasteiger partial charge in [-0.05, 0) is 0 Å². The smallest absolute Gasteiger partial charge is 0.407 e. The van der Waals surface area contributed by atoms with Crippen LogP contribution in [0, 0.1) is 0 Å². The van der Waals surface area contributed by atoms with Crippen molar-refractivity contribution in [1.29, 1.82) is 0 Å². The molecule has 1 heterocycles. The van der Waals surface area contributed by atoms with E-state index >= 15 is 0 Å². The summed E-state index contributed by atoms with van der Waals surface area (Å²) in [5.74, 6) is 0. The van der Waals surface area contributed by atoms with Crippen LogP contribution >= 0.6 is 12.2 Å². The highest BCUT2D eigenvalue weighted by molar-refractivity contribution is 7.80. The van der Waals surface area contributed by atoms with Crippen LogP contribution in [-0.2, 0) is 0 Å². The molecule has 4 nitrogen and oxygen atoms in total. The fourth-order valence-electron chi connectivity index (χ4n) is 0.958. The van der Waals surface area contributed by atoms with Gasteiger partial charge in [-0.2, -0.15) is 0 Å². The van der Waals surface area contributed by atoms with Crippen molar-refractivity contribution in [3.63, 3.8) is 0 Å². The Morgan fingerprint density at radius 3 is 3.00 bits per heavy atom. The van der Waals surface area contributed by atoms with E-state index in [4.69, 9.17) is 17.3 Å². The molecule has 0 aromatic carbocycles. The number of thiocarbonyl (C=S) groups is 1. The lowest BCUT2D eigenvalue weighted by molar-refractivity contribution is 0.148. The van der Waals surface area contributed by atoms with Crippen LogP contribution < -0.4 is 5.32 Å². The minimum Gasteiger partial charge on any atom is -0.465 e. The van der Waals surface area contributed by atoms with Gasteiger partial charge in [-0.15, -0.1) is 0 Å². The van der Waals surface area contributed by atoms with E-state index in [1.807, 2.05) is 0 Å². The number of amides is 1. The lowest BCUT2D eigenvalue weighted by Crippen LogP contribution is -2.32. The van der Waals surface area contributed by atoms with E-state index < -0.39 is 6.09 Å². The molecule has 1 aliphatic heterocycles. The molecule has 0 aromatic heterocycles. The minimum atomic E-state index is -0.864. The van der Waals surface area contributed by atoms with Crippen LogP contribution in [0.15, 0.2) is 0 Å². The van der Waals surface area contributed by atoms with Crippen LogP contribution in [-0.4, -0.2) is 40.7 Å². The molecule has 0 spiro atoms. The van der Waals surface area contributed by atoms with Crippen LogP contribution in [0.2, 0.25) is 0 Å². The number of carboxylic acid groups (broad SMARTS) is 1. The Hall–Kier alpha value is -0.840. The van der Waals surface area contributed by atoms with Crippen molar-refractivity contribution in [2.24, 2.45) is 0 Å². The normalized spacial score (nSPS) is 18.9. The molecule has 11 heavy (non-hydrogen) atoms. The Balaban J connectivity index is 2.46. The molecule has 62 valence electrons. The topological polar surface area (TPSA) is 52.6 Å². The molecule has 1 aliphatic rings. The van der Waals surface area contributed by atoms with Gasteiger partial charge in [0.2, 0.25) is 0 Å². The predicted octanol–water partition coefficient (Wildman–Crippen LogP) is 0.287. The van der Waals surface area contributed by atoms with E-state index in [9.17, 15) is 4.79 Å². The highest BCUT2D eigenvalue weighted by Crippen LogP contribution is 1.97. The Morgan fingerprint density at radius 2 is 2.36 bits per heavy atom. The fourth-order valence-corrected chi connectivity index (χ4v) is 1.15. The average Bonchev–Trinajstić information content (AvgIpc) is 2.13. The van der Waals surface area contributed by atoms with Crippen molar-refractivity contribution < 1.29 is 9.90 Å². The summed E-state index contributed by atoms with van der Waals surface area (Å²) in [6.07, 6.45) is -0.224. The van der Waals surface area contributed by atoms with Crippen LogP contribution in [0.4, 0.5) is 4.79 Å². The monoisotopic (exact) mass is 174 g/mol. The van der Waals surface area contributed by atoms with Crippen molar-refractivity contribution in [3.8, 4) is 0 Å². The van der Waals surface area contributed by atoms with Crippen molar-refractivity contribution in [2.45, 2.75) is 6.42 Å². The van der Waals surface area contributed by atoms with E-state index in [0.717, 1.165) is 4.99 Å². The van der Waals surface area contributed by atoms with Gasteiger partial charge in [-0.25, -0.2) is 4.79 Å². The predicted molar refractivity (Wildman–Crippen MR) is 44.8 cm³/mol. The molecule has 0 aliphatic carbocycles. The first-order valence-electron chi connectivity index (χ1n) is 3.45. The molecule has 0 bridgehead atoms. The van der Waals surface area contributed by atoms with Gasteiger partial charge >= 0.3 is 6.09 Å². The Labute approximate surface area is 70.2 Å². The Morgan fingerprint density at radius 1 is 1.64 bits per heavy atom. The second-order valence-electron chi connectivity index (χ2n) is 2.37. The zero-order valence-electron chi connectivity index (χ0n) is 6.04. The summed E-state index contributed by atoms with van der Waals surface area (Å²) in [7, 11) is 0. The summed E-state index contributed by atoms with van der Waals surface area (Å²) >= 11 is 4.90. The first-order valence-corrected chi connectivity index (χ1v) is 3.85. The maximum Gasteiger partial charge on any atom is 0.407 e. The zero-order chi connectivity index (χ0) is 8.27. The zero-order valence-corrected chi connectivity index (χ0v) is 6.86. The van der Waals surface area contributed by atoms with Crippen molar-refractivity contribution in [2.75, 3.05) is 19.6 Å². The molecular weight excluding hydrogens is 164 g/mol. The summed E-state index contributed by atoms with van der Waals surface area (Å²) < 4.78 is 0. The molecule has 1 saturated heterocycles. The summed E-state index contributed by atoms with van der Waals surface area (Å²) in [4.78, 5) is 12.6. The molecule has 0 saturated carbocycles. The summed E-state index contributed by atoms with van der Waals surface area (Å²) in [6, 6.07) is 0. The SMILES string of the molecule is O=C(O)N1CCNC(=S)CC1. The number of hydrogen-bond acceptors (Lipinski definition) is 2. The van der Waals surface area contributed by atoms with Gasteiger partial charge in [0.05, 0.1) is 4.99 Å². The van der Waals surface area contributed by atoms with Gasteiger partial charge in [0.25, 0.3) is 0 Å². The fraction of sp³-hybridized carbons (Fsp3) is 0.667. The van der Waals surface area contributed by atoms with Gasteiger partial charge in [0.1, 0.15) is 0 Å². The lowest BCUT2D eigenvalue weighted by atomic mass is 10.4. The standard InChI is InChI=1S/C6H10N2O2S/c9-6(10)8-3-1-5(11)7-2-4-8/h1-4H2,(H,7,11)(H,9,10). The largest absolute Gasteiger partial charge is 0.465 e. The molecule has 0 radical (unpaired) electrons. The molecule has 2 N–H and O–H groups in total. The molecule has 1 rings (SSSR count). The summed E-state index contributed by atoms with van der Waals surface area (Å²) in [5, 5.41) is 11.6. The number of hydrogen-bond donors (Lipinski definition) is 2. The minimum absolute atomic E-state index is 0.515. The van der Waals surface area contributed by atoms with Gasteiger partial charge < -0.3 is 15.3 Å². The van der Waals surface area contributed by atoms with E-state index in [1.54, 1.807) is 0 Å². The van der Waals surface area contributed by atoms with Gasteiger partial charge in [0, 0.05) is 26.1 Å². The Kier molecular flexibility index (Phi) is 2.64. The van der Waals surface area contributed by atoms with Gasteiger partial charge in [-0.3, -0.25) is 0 Å². The number of nitrogens with one attached hydrogen (secondary N) is 1. The molecule has 0 unspecified atom stereocenters. The average molecular weight is 174 g/mol. The quantitative estimate of drug-likeness (QED) is 0.518. The molecule has 1 amide bonds. The highest BCUT2D eigenvalue weighted by Gasteiger charge is 2.14. The van der Waals surface area contributed by atoms with Crippen LogP contribution in [0.5, 0.6) is 0 Å². The maximum absolute atomic E-state index is 10.5. The van der Waals surface area contributed by atoms with Crippen molar-refractivity contribution >= 4 is 23.3 Å². The summed E-state index contributed by atoms with van der Waals surface area (Å²) in [5.41, 5.74) is 0. The van der Waals surface area contributed by atoms with E-state index in [1.165, 1.54) is 4.90 Å². The molecular formula is C6H10N2O2S. The van der Waals surface area contributed by atoms with Gasteiger partial charge in [0.15, 0.2) is 0 Å². The molecule has 0 atom stereocenters. The highest BCUT2D eigenvalue weighted by atomic mass is 32.1. The van der Waals surface area contributed by atoms with E-state index in [0.29, 0.717) is 26.1 Å². The maximum atomic E-state index is 10.5. The first kappa shape index (κ1) is 8.26. The van der Waals surface area contributed by atoms with Crippen molar-refractivity contribution in [1.82, 2.24) is 10.2 Å². The third kappa shape index (κ3) is 2.34. The number of carbonyl (C=O) groups is 1. The third-order valence-corrected chi connectivity index (χ3v) is 1.93. The van der Waals surface area contributed by atoms with Crippen LogP contribution in [0.3, 0.4) is 0 Å². The molecule has 0 aromatic rings.